The van der Waals surface area contributed by atoms with Gasteiger partial charge in [-0.2, -0.15) is 5.10 Å². The maximum Gasteiger partial charge on any atom is 0.245 e. The van der Waals surface area contributed by atoms with Crippen LogP contribution < -0.4 is 10.3 Å². The Kier molecular flexibility index (Phi) is 5.60. The van der Waals surface area contributed by atoms with Gasteiger partial charge in [-0.15, -0.1) is 0 Å². The molecule has 0 spiro atoms. The first kappa shape index (κ1) is 19.1. The number of hydrogen-bond donors (Lipinski definition) is 2. The summed E-state index contributed by atoms with van der Waals surface area (Å²) in [6, 6.07) is 10.8. The summed E-state index contributed by atoms with van der Waals surface area (Å²) in [5.74, 6) is -0.798. The molecule has 0 saturated carbocycles. The van der Waals surface area contributed by atoms with Crippen LogP contribution in [0.4, 0.5) is 5.69 Å². The van der Waals surface area contributed by atoms with Gasteiger partial charge in [-0.25, -0.2) is 5.43 Å². The van der Waals surface area contributed by atoms with Crippen molar-refractivity contribution in [1.29, 1.82) is 0 Å². The Labute approximate surface area is 166 Å². The van der Waals surface area contributed by atoms with E-state index in [-0.39, 0.29) is 24.0 Å². The Morgan fingerprint density at radius 3 is 2.78 bits per heavy atom. The van der Waals surface area contributed by atoms with Crippen LogP contribution in [-0.2, 0) is 9.59 Å². The summed E-state index contributed by atoms with van der Waals surface area (Å²) in [5, 5.41) is 13.7. The van der Waals surface area contributed by atoms with E-state index in [1.807, 2.05) is 32.0 Å². The lowest BCUT2D eigenvalue weighted by Crippen LogP contribution is -2.30. The average molecular weight is 430 g/mol. The number of hydrazone groups is 1. The Bertz CT molecular complexity index is 927. The van der Waals surface area contributed by atoms with Gasteiger partial charge in [-0.1, -0.05) is 22.0 Å². The van der Waals surface area contributed by atoms with E-state index in [0.29, 0.717) is 12.1 Å². The molecule has 27 heavy (non-hydrogen) atoms. The summed E-state index contributed by atoms with van der Waals surface area (Å²) >= 11 is 3.31. The summed E-state index contributed by atoms with van der Waals surface area (Å²) < 4.78 is 0.790. The molecule has 0 unspecified atom stereocenters. The van der Waals surface area contributed by atoms with E-state index < -0.39 is 5.92 Å². The Balaban J connectivity index is 1.64. The highest BCUT2D eigenvalue weighted by molar-refractivity contribution is 9.10. The van der Waals surface area contributed by atoms with Crippen molar-refractivity contribution in [3.8, 4) is 5.75 Å². The molecule has 140 valence electrons. The molecule has 1 heterocycles. The van der Waals surface area contributed by atoms with Crippen LogP contribution in [0.1, 0.15) is 23.1 Å². The quantitative estimate of drug-likeness (QED) is 0.577. The number of aryl methyl sites for hydroxylation is 2. The smallest absolute Gasteiger partial charge is 0.245 e. The molecule has 1 saturated heterocycles. The Morgan fingerprint density at radius 2 is 2.04 bits per heavy atom. The van der Waals surface area contributed by atoms with E-state index in [4.69, 9.17) is 0 Å². The molecule has 7 heteroatoms. The number of phenolic OH excluding ortho intramolecular Hbond substituents is 1. The van der Waals surface area contributed by atoms with Crippen molar-refractivity contribution in [1.82, 2.24) is 5.43 Å². The van der Waals surface area contributed by atoms with Gasteiger partial charge in [0.25, 0.3) is 0 Å². The van der Waals surface area contributed by atoms with Gasteiger partial charge in [0.15, 0.2) is 0 Å². The molecule has 2 N–H and O–H groups in total. The number of phenols is 1. The molecule has 0 radical (unpaired) electrons. The van der Waals surface area contributed by atoms with Gasteiger partial charge in [0.05, 0.1) is 12.1 Å². The zero-order valence-electron chi connectivity index (χ0n) is 15.1. The molecule has 2 amide bonds. The van der Waals surface area contributed by atoms with Gasteiger partial charge in [0.2, 0.25) is 11.8 Å². The molecule has 0 bridgehead atoms. The largest absolute Gasteiger partial charge is 0.507 e. The Hall–Kier alpha value is -2.67. The monoisotopic (exact) mass is 429 g/mol. The van der Waals surface area contributed by atoms with Crippen molar-refractivity contribution >= 4 is 39.6 Å². The summed E-state index contributed by atoms with van der Waals surface area (Å²) in [4.78, 5) is 26.3. The van der Waals surface area contributed by atoms with Gasteiger partial charge < -0.3 is 10.0 Å². The van der Waals surface area contributed by atoms with E-state index in [1.54, 1.807) is 17.0 Å². The maximum absolute atomic E-state index is 12.4. The summed E-state index contributed by atoms with van der Waals surface area (Å²) in [5.41, 5.74) is 6.00. The summed E-state index contributed by atoms with van der Waals surface area (Å²) in [7, 11) is 0. The van der Waals surface area contributed by atoms with Crippen LogP contribution in [0.3, 0.4) is 0 Å². The first-order chi connectivity index (χ1) is 12.8. The summed E-state index contributed by atoms with van der Waals surface area (Å²) in [6.45, 7) is 4.34. The molecule has 6 nitrogen and oxygen atoms in total. The number of benzene rings is 2. The second kappa shape index (κ2) is 7.92. The van der Waals surface area contributed by atoms with Crippen molar-refractivity contribution < 1.29 is 14.7 Å². The first-order valence-corrected chi connectivity index (χ1v) is 9.33. The number of amides is 2. The zero-order chi connectivity index (χ0) is 19.6. The molecule has 2 aromatic rings. The minimum atomic E-state index is -0.465. The minimum Gasteiger partial charge on any atom is -0.507 e. The van der Waals surface area contributed by atoms with Crippen LogP contribution in [0.5, 0.6) is 5.75 Å². The van der Waals surface area contributed by atoms with Crippen LogP contribution in [0, 0.1) is 19.8 Å². The normalized spacial score (nSPS) is 16.9. The number of carbonyl (C=O) groups excluding carboxylic acids is 2. The lowest BCUT2D eigenvalue weighted by molar-refractivity contribution is -0.126. The number of nitrogens with one attached hydrogen (secondary N) is 1. The van der Waals surface area contributed by atoms with Gasteiger partial charge >= 0.3 is 0 Å². The lowest BCUT2D eigenvalue weighted by atomic mass is 10.1. The van der Waals surface area contributed by atoms with Crippen molar-refractivity contribution in [3.05, 3.63) is 57.6 Å². The number of nitrogens with zero attached hydrogens (tertiary/aromatic N) is 2. The standard InChI is InChI=1S/C20H20BrN3O3/c1-12-3-5-17(7-13(12)2)24-11-15(9-19(24)26)20(27)23-22-10-14-8-16(21)4-6-18(14)25/h3-8,10,15,25H,9,11H2,1-2H3,(H,23,27)/b22-10-/t15-/m0/s1. The van der Waals surface area contributed by atoms with Crippen LogP contribution >= 0.6 is 15.9 Å². The summed E-state index contributed by atoms with van der Waals surface area (Å²) in [6.07, 6.45) is 1.52. The number of carbonyl (C=O) groups is 2. The minimum absolute atomic E-state index is 0.0631. The molecule has 1 aliphatic heterocycles. The second-order valence-electron chi connectivity index (χ2n) is 6.61. The number of halogens is 1. The van der Waals surface area contributed by atoms with Crippen LogP contribution in [0.25, 0.3) is 0 Å². The number of aromatic hydroxyl groups is 1. The van der Waals surface area contributed by atoms with Gasteiger partial charge in [-0.3, -0.25) is 9.59 Å². The fourth-order valence-electron chi connectivity index (χ4n) is 2.91. The van der Waals surface area contributed by atoms with Gasteiger partial charge in [0, 0.05) is 28.7 Å². The van der Waals surface area contributed by atoms with Gasteiger partial charge in [-0.05, 0) is 55.3 Å². The molecule has 1 fully saturated rings. The zero-order valence-corrected chi connectivity index (χ0v) is 16.7. The predicted octanol–water partition coefficient (Wildman–Crippen LogP) is 3.27. The maximum atomic E-state index is 12.4. The predicted molar refractivity (Wildman–Crippen MR) is 108 cm³/mol. The lowest BCUT2D eigenvalue weighted by Gasteiger charge is -2.17. The van der Waals surface area contributed by atoms with Crippen molar-refractivity contribution in [3.63, 3.8) is 0 Å². The third kappa shape index (κ3) is 4.36. The SMILES string of the molecule is Cc1ccc(N2C[C@@H](C(=O)N/N=C\c3cc(Br)ccc3O)CC2=O)cc1C. The average Bonchev–Trinajstić information content (AvgIpc) is 3.02. The molecule has 0 aromatic heterocycles. The van der Waals surface area contributed by atoms with E-state index in [0.717, 1.165) is 21.3 Å². The van der Waals surface area contributed by atoms with E-state index in [9.17, 15) is 14.7 Å². The third-order valence-electron chi connectivity index (χ3n) is 4.67. The third-order valence-corrected chi connectivity index (χ3v) is 5.16. The molecular weight excluding hydrogens is 410 g/mol. The molecular formula is C20H20BrN3O3. The van der Waals surface area contributed by atoms with Crippen LogP contribution in [0.15, 0.2) is 46.0 Å². The van der Waals surface area contributed by atoms with Crippen LogP contribution in [0.2, 0.25) is 0 Å². The molecule has 0 aliphatic carbocycles. The second-order valence-corrected chi connectivity index (χ2v) is 7.53. The molecule has 3 rings (SSSR count). The number of hydrogen-bond acceptors (Lipinski definition) is 4. The topological polar surface area (TPSA) is 82.0 Å². The van der Waals surface area contributed by atoms with Crippen molar-refractivity contribution in [2.24, 2.45) is 11.0 Å². The molecule has 1 aliphatic rings. The van der Waals surface area contributed by atoms with E-state index in [1.165, 1.54) is 12.3 Å². The van der Waals surface area contributed by atoms with Crippen molar-refractivity contribution in [2.75, 3.05) is 11.4 Å². The van der Waals surface area contributed by atoms with E-state index >= 15 is 0 Å². The highest BCUT2D eigenvalue weighted by Gasteiger charge is 2.35. The number of anilines is 1. The van der Waals surface area contributed by atoms with Crippen LogP contribution in [-0.4, -0.2) is 29.7 Å². The molecule has 2 aromatic carbocycles. The number of rotatable bonds is 4. The van der Waals surface area contributed by atoms with Crippen molar-refractivity contribution in [2.45, 2.75) is 20.3 Å². The fourth-order valence-corrected chi connectivity index (χ4v) is 3.29. The highest BCUT2D eigenvalue weighted by Crippen LogP contribution is 2.27. The van der Waals surface area contributed by atoms with E-state index in [2.05, 4.69) is 26.5 Å². The Morgan fingerprint density at radius 1 is 1.26 bits per heavy atom. The first-order valence-electron chi connectivity index (χ1n) is 8.54. The molecule has 1 atom stereocenters. The highest BCUT2D eigenvalue weighted by atomic mass is 79.9. The van der Waals surface area contributed by atoms with Gasteiger partial charge in [0.1, 0.15) is 5.75 Å². The fraction of sp³-hybridized carbons (Fsp3) is 0.250.